The summed E-state index contributed by atoms with van der Waals surface area (Å²) in [5.74, 6) is -0.336. The van der Waals surface area contributed by atoms with Gasteiger partial charge in [0.05, 0.1) is 19.6 Å². The normalized spacial score (nSPS) is 12.0. The van der Waals surface area contributed by atoms with Crippen LogP contribution in [0.2, 0.25) is 5.02 Å². The summed E-state index contributed by atoms with van der Waals surface area (Å²) < 4.78 is 10.2. The maximum atomic E-state index is 11.8. The fourth-order valence-corrected chi connectivity index (χ4v) is 1.75. The molecule has 1 atom stereocenters. The molecule has 17 heavy (non-hydrogen) atoms. The van der Waals surface area contributed by atoms with E-state index in [-0.39, 0.29) is 12.5 Å². The summed E-state index contributed by atoms with van der Waals surface area (Å²) in [5, 5.41) is 0.531. The molecular formula is C12H16ClNO3. The van der Waals surface area contributed by atoms with E-state index >= 15 is 0 Å². The van der Waals surface area contributed by atoms with Crippen LogP contribution in [0.4, 0.5) is 0 Å². The van der Waals surface area contributed by atoms with Gasteiger partial charge in [-0.1, -0.05) is 11.6 Å². The molecule has 0 fully saturated rings. The minimum absolute atomic E-state index is 0.148. The van der Waals surface area contributed by atoms with E-state index in [4.69, 9.17) is 26.8 Å². The Hall–Kier alpha value is -1.26. The number of ether oxygens (including phenoxy) is 2. The van der Waals surface area contributed by atoms with E-state index in [1.807, 2.05) is 0 Å². The van der Waals surface area contributed by atoms with Gasteiger partial charge < -0.3 is 15.2 Å². The molecule has 1 aromatic carbocycles. The number of halogens is 1. The zero-order valence-corrected chi connectivity index (χ0v) is 10.7. The van der Waals surface area contributed by atoms with Crippen molar-refractivity contribution >= 4 is 17.6 Å². The highest BCUT2D eigenvalue weighted by Crippen LogP contribution is 2.29. The standard InChI is InChI=1S/C12H16ClNO3/c1-3-17-12(15)10(7-14)9-6-8(13)4-5-11(9)16-2/h4-6,10H,3,7,14H2,1-2H3. The van der Waals surface area contributed by atoms with Crippen molar-refractivity contribution < 1.29 is 14.3 Å². The maximum absolute atomic E-state index is 11.8. The maximum Gasteiger partial charge on any atom is 0.314 e. The molecule has 0 aromatic heterocycles. The van der Waals surface area contributed by atoms with Crippen molar-refractivity contribution in [1.82, 2.24) is 0 Å². The van der Waals surface area contributed by atoms with Crippen LogP contribution in [0.1, 0.15) is 18.4 Å². The van der Waals surface area contributed by atoms with Gasteiger partial charge in [-0.25, -0.2) is 0 Å². The first-order chi connectivity index (χ1) is 8.13. The molecule has 2 N–H and O–H groups in total. The van der Waals surface area contributed by atoms with E-state index in [2.05, 4.69) is 0 Å². The Bertz CT molecular complexity index is 395. The number of methoxy groups -OCH3 is 1. The molecule has 1 aromatic rings. The first-order valence-corrected chi connectivity index (χ1v) is 5.72. The summed E-state index contributed by atoms with van der Waals surface area (Å²) in [6.45, 7) is 2.22. The Kier molecular flexibility index (Phi) is 5.25. The Morgan fingerprint density at radius 2 is 2.24 bits per heavy atom. The molecule has 0 aliphatic carbocycles. The van der Waals surface area contributed by atoms with Gasteiger partial charge >= 0.3 is 5.97 Å². The second kappa shape index (κ2) is 6.47. The fourth-order valence-electron chi connectivity index (χ4n) is 1.57. The smallest absolute Gasteiger partial charge is 0.314 e. The molecule has 0 saturated carbocycles. The van der Waals surface area contributed by atoms with E-state index in [1.165, 1.54) is 7.11 Å². The van der Waals surface area contributed by atoms with Crippen LogP contribution in [0.5, 0.6) is 5.75 Å². The van der Waals surface area contributed by atoms with Crippen molar-refractivity contribution in [2.75, 3.05) is 20.3 Å². The monoisotopic (exact) mass is 257 g/mol. The van der Waals surface area contributed by atoms with Crippen LogP contribution in [-0.2, 0) is 9.53 Å². The van der Waals surface area contributed by atoms with Crippen molar-refractivity contribution in [1.29, 1.82) is 0 Å². The summed E-state index contributed by atoms with van der Waals surface area (Å²) in [6, 6.07) is 5.08. The van der Waals surface area contributed by atoms with Gasteiger partial charge in [-0.2, -0.15) is 0 Å². The minimum atomic E-state index is -0.552. The first kappa shape index (κ1) is 13.8. The van der Waals surface area contributed by atoms with E-state index in [0.717, 1.165) is 0 Å². The summed E-state index contributed by atoms with van der Waals surface area (Å²) in [6.07, 6.45) is 0. The lowest BCUT2D eigenvalue weighted by atomic mass is 9.98. The molecular weight excluding hydrogens is 242 g/mol. The average Bonchev–Trinajstić information content (AvgIpc) is 2.31. The van der Waals surface area contributed by atoms with Crippen LogP contribution in [-0.4, -0.2) is 26.2 Å². The predicted molar refractivity (Wildman–Crippen MR) is 66.4 cm³/mol. The van der Waals surface area contributed by atoms with Crippen LogP contribution in [0.15, 0.2) is 18.2 Å². The van der Waals surface area contributed by atoms with E-state index < -0.39 is 5.92 Å². The number of carbonyl (C=O) groups is 1. The second-order valence-corrected chi connectivity index (χ2v) is 3.86. The van der Waals surface area contributed by atoms with Gasteiger partial charge in [0.15, 0.2) is 0 Å². The molecule has 0 bridgehead atoms. The molecule has 0 aliphatic heterocycles. The Labute approximate surface area is 106 Å². The molecule has 0 aliphatic rings. The van der Waals surface area contributed by atoms with E-state index in [1.54, 1.807) is 25.1 Å². The number of hydrogen-bond acceptors (Lipinski definition) is 4. The van der Waals surface area contributed by atoms with Gasteiger partial charge in [-0.3, -0.25) is 4.79 Å². The fraction of sp³-hybridized carbons (Fsp3) is 0.417. The highest BCUT2D eigenvalue weighted by Gasteiger charge is 2.24. The van der Waals surface area contributed by atoms with Crippen LogP contribution in [0.25, 0.3) is 0 Å². The van der Waals surface area contributed by atoms with Crippen LogP contribution in [0, 0.1) is 0 Å². The first-order valence-electron chi connectivity index (χ1n) is 5.34. The zero-order chi connectivity index (χ0) is 12.8. The lowest BCUT2D eigenvalue weighted by Crippen LogP contribution is -2.24. The van der Waals surface area contributed by atoms with Crippen LogP contribution in [0.3, 0.4) is 0 Å². The highest BCUT2D eigenvalue weighted by molar-refractivity contribution is 6.30. The highest BCUT2D eigenvalue weighted by atomic mass is 35.5. The molecule has 1 unspecified atom stereocenters. The van der Waals surface area contributed by atoms with Gasteiger partial charge in [0.2, 0.25) is 0 Å². The minimum Gasteiger partial charge on any atom is -0.496 e. The lowest BCUT2D eigenvalue weighted by molar-refractivity contribution is -0.144. The van der Waals surface area contributed by atoms with Crippen molar-refractivity contribution in [3.05, 3.63) is 28.8 Å². The van der Waals surface area contributed by atoms with Gasteiger partial charge in [0, 0.05) is 17.1 Å². The van der Waals surface area contributed by atoms with Crippen molar-refractivity contribution in [2.45, 2.75) is 12.8 Å². The Balaban J connectivity index is 3.09. The number of benzene rings is 1. The number of carbonyl (C=O) groups excluding carboxylic acids is 1. The van der Waals surface area contributed by atoms with Crippen LogP contribution < -0.4 is 10.5 Å². The van der Waals surface area contributed by atoms with E-state index in [9.17, 15) is 4.79 Å². The van der Waals surface area contributed by atoms with Gasteiger partial charge in [-0.05, 0) is 25.1 Å². The van der Waals surface area contributed by atoms with Crippen molar-refractivity contribution in [2.24, 2.45) is 5.73 Å². The number of hydrogen-bond donors (Lipinski definition) is 1. The van der Waals surface area contributed by atoms with Crippen molar-refractivity contribution in [3.63, 3.8) is 0 Å². The third-order valence-corrected chi connectivity index (χ3v) is 2.61. The molecule has 0 radical (unpaired) electrons. The lowest BCUT2D eigenvalue weighted by Gasteiger charge is -2.17. The molecule has 0 spiro atoms. The second-order valence-electron chi connectivity index (χ2n) is 3.43. The third-order valence-electron chi connectivity index (χ3n) is 2.37. The molecule has 5 heteroatoms. The molecule has 0 saturated heterocycles. The molecule has 0 heterocycles. The van der Waals surface area contributed by atoms with Gasteiger partial charge in [-0.15, -0.1) is 0 Å². The summed E-state index contributed by atoms with van der Waals surface area (Å²) in [4.78, 5) is 11.8. The number of nitrogens with two attached hydrogens (primary N) is 1. The topological polar surface area (TPSA) is 61.5 Å². The van der Waals surface area contributed by atoms with Crippen LogP contribution >= 0.6 is 11.6 Å². The quantitative estimate of drug-likeness (QED) is 0.819. The largest absolute Gasteiger partial charge is 0.496 e. The summed E-state index contributed by atoms with van der Waals surface area (Å²) >= 11 is 5.91. The Morgan fingerprint density at radius 3 is 2.76 bits per heavy atom. The third kappa shape index (κ3) is 3.35. The summed E-state index contributed by atoms with van der Waals surface area (Å²) in [5.41, 5.74) is 6.26. The number of esters is 1. The Morgan fingerprint density at radius 1 is 1.53 bits per heavy atom. The number of rotatable bonds is 5. The van der Waals surface area contributed by atoms with E-state index in [0.29, 0.717) is 22.9 Å². The molecule has 0 amide bonds. The zero-order valence-electron chi connectivity index (χ0n) is 9.90. The molecule has 1 rings (SSSR count). The predicted octanol–water partition coefficient (Wildman–Crippen LogP) is 1.95. The SMILES string of the molecule is CCOC(=O)C(CN)c1cc(Cl)ccc1OC. The van der Waals surface area contributed by atoms with Crippen molar-refractivity contribution in [3.8, 4) is 5.75 Å². The summed E-state index contributed by atoms with van der Waals surface area (Å²) in [7, 11) is 1.53. The molecule has 4 nitrogen and oxygen atoms in total. The van der Waals surface area contributed by atoms with Gasteiger partial charge in [0.25, 0.3) is 0 Å². The molecule has 94 valence electrons. The van der Waals surface area contributed by atoms with Gasteiger partial charge in [0.1, 0.15) is 5.75 Å². The average molecular weight is 258 g/mol.